The zero-order chi connectivity index (χ0) is 21.4. The van der Waals surface area contributed by atoms with Gasteiger partial charge in [-0.05, 0) is 61.4 Å². The Balaban J connectivity index is 1.70. The number of carbonyl (C=O) groups is 1. The molecule has 0 bridgehead atoms. The largest absolute Gasteiger partial charge is 0.484 e. The lowest BCUT2D eigenvalue weighted by atomic mass is 10.1. The number of anilines is 2. The maximum Gasteiger partial charge on any atom is 0.422 e. The summed E-state index contributed by atoms with van der Waals surface area (Å²) < 4.78 is 66.4. The highest BCUT2D eigenvalue weighted by molar-refractivity contribution is 7.92. The minimum Gasteiger partial charge on any atom is -0.484 e. The summed E-state index contributed by atoms with van der Waals surface area (Å²) in [5.41, 5.74) is 2.05. The van der Waals surface area contributed by atoms with Gasteiger partial charge in [-0.25, -0.2) is 8.42 Å². The zero-order valence-corrected chi connectivity index (χ0v) is 16.5. The molecule has 1 aliphatic rings. The van der Waals surface area contributed by atoms with Crippen molar-refractivity contribution in [3.05, 3.63) is 53.6 Å². The number of carbonyl (C=O) groups excluding carboxylic acids is 1. The van der Waals surface area contributed by atoms with E-state index in [9.17, 15) is 26.4 Å². The van der Waals surface area contributed by atoms with Crippen molar-refractivity contribution < 1.29 is 31.1 Å². The number of nitrogens with zero attached hydrogens (tertiary/aromatic N) is 1. The smallest absolute Gasteiger partial charge is 0.422 e. The fourth-order valence-corrected chi connectivity index (χ4v) is 4.52. The van der Waals surface area contributed by atoms with Crippen molar-refractivity contribution in [2.24, 2.45) is 0 Å². The second-order valence-electron chi connectivity index (χ2n) is 6.84. The summed E-state index contributed by atoms with van der Waals surface area (Å²) in [6.45, 7) is 0.403. The fourth-order valence-electron chi connectivity index (χ4n) is 3.25. The number of amides is 1. The minimum atomic E-state index is -4.43. The highest BCUT2D eigenvalue weighted by Crippen LogP contribution is 2.34. The molecule has 1 amide bonds. The summed E-state index contributed by atoms with van der Waals surface area (Å²) in [7, 11) is -3.41. The van der Waals surface area contributed by atoms with E-state index in [2.05, 4.69) is 10.1 Å². The molecule has 1 N–H and O–H groups in total. The molecule has 0 aromatic heterocycles. The van der Waals surface area contributed by atoms with E-state index in [-0.39, 0.29) is 11.8 Å². The van der Waals surface area contributed by atoms with Crippen LogP contribution in [0.5, 0.6) is 5.75 Å². The number of hydrogen-bond acceptors (Lipinski definition) is 4. The number of fused-ring (bicyclic) bond motifs is 1. The highest BCUT2D eigenvalue weighted by atomic mass is 32.2. The van der Waals surface area contributed by atoms with Gasteiger partial charge in [-0.1, -0.05) is 0 Å². The molecule has 2 aromatic carbocycles. The Morgan fingerprint density at radius 1 is 1.21 bits per heavy atom. The number of halogens is 3. The average Bonchev–Trinajstić information content (AvgIpc) is 2.95. The van der Waals surface area contributed by atoms with Crippen molar-refractivity contribution in [2.75, 3.05) is 22.5 Å². The molecule has 0 radical (unpaired) electrons. The Morgan fingerprint density at radius 3 is 2.45 bits per heavy atom. The van der Waals surface area contributed by atoms with Crippen LogP contribution in [0.1, 0.15) is 22.8 Å². The predicted molar refractivity (Wildman–Crippen MR) is 103 cm³/mol. The summed E-state index contributed by atoms with van der Waals surface area (Å²) >= 11 is 0. The van der Waals surface area contributed by atoms with E-state index in [1.807, 2.05) is 0 Å². The molecule has 1 atom stereocenters. The van der Waals surface area contributed by atoms with Crippen LogP contribution in [0.3, 0.4) is 0 Å². The van der Waals surface area contributed by atoms with Crippen LogP contribution in [0.25, 0.3) is 0 Å². The first kappa shape index (κ1) is 21.0. The van der Waals surface area contributed by atoms with Gasteiger partial charge >= 0.3 is 6.18 Å². The van der Waals surface area contributed by atoms with E-state index >= 15 is 0 Å². The highest BCUT2D eigenvalue weighted by Gasteiger charge is 2.33. The van der Waals surface area contributed by atoms with Crippen LogP contribution >= 0.6 is 0 Å². The van der Waals surface area contributed by atoms with E-state index in [4.69, 9.17) is 0 Å². The molecule has 1 unspecified atom stereocenters. The van der Waals surface area contributed by atoms with Crippen LogP contribution in [-0.2, 0) is 16.4 Å². The summed E-state index contributed by atoms with van der Waals surface area (Å²) in [6, 6.07) is 10.1. The standard InChI is InChI=1S/C19H19F3N2O4S/c1-12-9-14-10-13(3-8-17(14)24(12)29(2,26)27)18(25)23-15-4-6-16(7-5-15)28-11-19(20,21)22/h3-8,10,12H,9,11H2,1-2H3,(H,23,25). The number of ether oxygens (including phenoxy) is 1. The Labute approximate surface area is 166 Å². The minimum absolute atomic E-state index is 0.0349. The van der Waals surface area contributed by atoms with Crippen LogP contribution in [0, 0.1) is 0 Å². The van der Waals surface area contributed by atoms with Gasteiger partial charge in [0.1, 0.15) is 5.75 Å². The molecule has 0 fully saturated rings. The van der Waals surface area contributed by atoms with E-state index in [0.717, 1.165) is 11.8 Å². The topological polar surface area (TPSA) is 75.7 Å². The van der Waals surface area contributed by atoms with Crippen molar-refractivity contribution in [3.8, 4) is 5.75 Å². The Hall–Kier alpha value is -2.75. The van der Waals surface area contributed by atoms with Gasteiger partial charge in [0, 0.05) is 17.3 Å². The maximum absolute atomic E-state index is 12.5. The summed E-state index contributed by atoms with van der Waals surface area (Å²) in [5, 5.41) is 2.65. The first-order chi connectivity index (χ1) is 13.4. The molecule has 3 rings (SSSR count). The number of hydrogen-bond donors (Lipinski definition) is 1. The normalized spacial score (nSPS) is 16.4. The number of sulfonamides is 1. The molecular formula is C19H19F3N2O4S. The second-order valence-corrected chi connectivity index (χ2v) is 8.70. The van der Waals surface area contributed by atoms with Crippen molar-refractivity contribution in [2.45, 2.75) is 25.6 Å². The monoisotopic (exact) mass is 428 g/mol. The van der Waals surface area contributed by atoms with Gasteiger partial charge in [0.15, 0.2) is 6.61 Å². The van der Waals surface area contributed by atoms with E-state index in [1.165, 1.54) is 34.6 Å². The summed E-state index contributed by atoms with van der Waals surface area (Å²) in [6.07, 6.45) is -2.79. The summed E-state index contributed by atoms with van der Waals surface area (Å²) in [5.74, 6) is -0.380. The Bertz CT molecular complexity index is 1020. The van der Waals surface area contributed by atoms with E-state index in [1.54, 1.807) is 19.1 Å². The summed E-state index contributed by atoms with van der Waals surface area (Å²) in [4.78, 5) is 12.5. The van der Waals surface area contributed by atoms with Crippen molar-refractivity contribution >= 4 is 27.3 Å². The molecule has 10 heteroatoms. The molecule has 2 aromatic rings. The lowest BCUT2D eigenvalue weighted by Crippen LogP contribution is -2.34. The van der Waals surface area contributed by atoms with Crippen LogP contribution in [0.2, 0.25) is 0 Å². The molecule has 1 aliphatic heterocycles. The quantitative estimate of drug-likeness (QED) is 0.790. The molecule has 156 valence electrons. The van der Waals surface area contributed by atoms with Gasteiger partial charge in [0.2, 0.25) is 10.0 Å². The van der Waals surface area contributed by atoms with E-state index < -0.39 is 28.7 Å². The van der Waals surface area contributed by atoms with Gasteiger partial charge in [-0.3, -0.25) is 9.10 Å². The van der Waals surface area contributed by atoms with Gasteiger partial charge < -0.3 is 10.1 Å². The average molecular weight is 428 g/mol. The van der Waals surface area contributed by atoms with Crippen LogP contribution in [0.4, 0.5) is 24.5 Å². The fraction of sp³-hybridized carbons (Fsp3) is 0.316. The lowest BCUT2D eigenvalue weighted by Gasteiger charge is -2.21. The maximum atomic E-state index is 12.5. The zero-order valence-electron chi connectivity index (χ0n) is 15.7. The Morgan fingerprint density at radius 2 is 1.86 bits per heavy atom. The number of alkyl halides is 3. The van der Waals surface area contributed by atoms with Crippen molar-refractivity contribution in [1.82, 2.24) is 0 Å². The number of nitrogens with one attached hydrogen (secondary N) is 1. The molecule has 1 heterocycles. The molecule has 6 nitrogen and oxygen atoms in total. The molecule has 0 saturated heterocycles. The van der Waals surface area contributed by atoms with Crippen molar-refractivity contribution in [1.29, 1.82) is 0 Å². The molecule has 29 heavy (non-hydrogen) atoms. The van der Waals surface area contributed by atoms with Crippen LogP contribution in [0.15, 0.2) is 42.5 Å². The van der Waals surface area contributed by atoms with Crippen LogP contribution in [-0.4, -0.2) is 39.4 Å². The van der Waals surface area contributed by atoms with Crippen molar-refractivity contribution in [3.63, 3.8) is 0 Å². The first-order valence-corrected chi connectivity index (χ1v) is 10.5. The SMILES string of the molecule is CC1Cc2cc(C(=O)Nc3ccc(OCC(F)(F)F)cc3)ccc2N1S(C)(=O)=O. The first-order valence-electron chi connectivity index (χ1n) is 8.67. The molecular weight excluding hydrogens is 409 g/mol. The van der Waals surface area contributed by atoms with Gasteiger partial charge in [-0.2, -0.15) is 13.2 Å². The van der Waals surface area contributed by atoms with Crippen LogP contribution < -0.4 is 14.4 Å². The number of rotatable bonds is 5. The van der Waals surface area contributed by atoms with Gasteiger partial charge in [-0.15, -0.1) is 0 Å². The lowest BCUT2D eigenvalue weighted by molar-refractivity contribution is -0.153. The van der Waals surface area contributed by atoms with Gasteiger partial charge in [0.05, 0.1) is 11.9 Å². The third kappa shape index (κ3) is 5.00. The predicted octanol–water partition coefficient (Wildman–Crippen LogP) is 3.59. The molecule has 0 aliphatic carbocycles. The third-order valence-electron chi connectivity index (χ3n) is 4.37. The Kier molecular flexibility index (Phi) is 5.48. The molecule has 0 spiro atoms. The molecule has 0 saturated carbocycles. The van der Waals surface area contributed by atoms with Gasteiger partial charge in [0.25, 0.3) is 5.91 Å². The number of benzene rings is 2. The third-order valence-corrected chi connectivity index (χ3v) is 5.64. The second kappa shape index (κ2) is 7.58. The van der Waals surface area contributed by atoms with E-state index in [0.29, 0.717) is 23.4 Å².